The molecule has 1 saturated heterocycles. The summed E-state index contributed by atoms with van der Waals surface area (Å²) in [7, 11) is 0. The predicted molar refractivity (Wildman–Crippen MR) is 101 cm³/mol. The minimum absolute atomic E-state index is 0.0417. The zero-order valence-electron chi connectivity index (χ0n) is 15.8. The Kier molecular flexibility index (Phi) is 6.70. The normalized spacial score (nSPS) is 16.2. The average Bonchev–Trinajstić information content (AvgIpc) is 2.70. The van der Waals surface area contributed by atoms with Crippen molar-refractivity contribution in [3.63, 3.8) is 0 Å². The summed E-state index contributed by atoms with van der Waals surface area (Å²) in [6, 6.07) is 10.2. The Morgan fingerprint density at radius 1 is 1.00 bits per heavy atom. The highest BCUT2D eigenvalue weighted by Gasteiger charge is 2.22. The van der Waals surface area contributed by atoms with Crippen LogP contribution in [0.4, 0.5) is 13.2 Å². The highest BCUT2D eigenvalue weighted by atomic mass is 19.2. The second kappa shape index (κ2) is 9.21. The van der Waals surface area contributed by atoms with Gasteiger partial charge in [-0.1, -0.05) is 24.3 Å². The third kappa shape index (κ3) is 5.11. The van der Waals surface area contributed by atoms with Crippen LogP contribution in [0.25, 0.3) is 0 Å². The first-order chi connectivity index (χ1) is 13.4. The summed E-state index contributed by atoms with van der Waals surface area (Å²) in [6.45, 7) is 4.96. The molecule has 0 aromatic heterocycles. The summed E-state index contributed by atoms with van der Waals surface area (Å²) in [5.41, 5.74) is 1.24. The number of nitrogens with one attached hydrogen (secondary N) is 1. The molecular formula is C21H24F3N3O. The van der Waals surface area contributed by atoms with Crippen LogP contribution in [0.3, 0.4) is 0 Å². The van der Waals surface area contributed by atoms with Gasteiger partial charge in [0.1, 0.15) is 5.82 Å². The molecule has 0 aliphatic carbocycles. The molecule has 0 spiro atoms. The van der Waals surface area contributed by atoms with Crippen LogP contribution in [-0.4, -0.2) is 48.4 Å². The number of hydrogen-bond acceptors (Lipinski definition) is 3. The number of nitrogens with zero attached hydrogens (tertiary/aromatic N) is 2. The molecule has 2 aromatic carbocycles. The number of rotatable bonds is 6. The number of carbonyl (C=O) groups is 1. The Morgan fingerprint density at radius 2 is 1.71 bits per heavy atom. The first kappa shape index (κ1) is 20.4. The first-order valence-electron chi connectivity index (χ1n) is 9.36. The van der Waals surface area contributed by atoms with Crippen molar-refractivity contribution in [3.8, 4) is 0 Å². The highest BCUT2D eigenvalue weighted by Crippen LogP contribution is 2.16. The van der Waals surface area contributed by atoms with Gasteiger partial charge in [-0.3, -0.25) is 9.69 Å². The van der Waals surface area contributed by atoms with Crippen LogP contribution in [-0.2, 0) is 11.3 Å². The van der Waals surface area contributed by atoms with Crippen LogP contribution in [0.2, 0.25) is 0 Å². The minimum Gasteiger partial charge on any atom is -0.339 e. The van der Waals surface area contributed by atoms with Crippen molar-refractivity contribution in [2.45, 2.75) is 19.5 Å². The Balaban J connectivity index is 1.44. The Hall–Kier alpha value is -2.38. The first-order valence-corrected chi connectivity index (χ1v) is 9.36. The predicted octanol–water partition coefficient (Wildman–Crippen LogP) is 3.10. The SMILES string of the molecule is C[C@@H](NCC(=O)N1CCN(Cc2ccccc2F)CC1)c1ccc(F)c(F)c1. The van der Waals surface area contributed by atoms with Crippen LogP contribution in [0, 0.1) is 17.5 Å². The summed E-state index contributed by atoms with van der Waals surface area (Å²) < 4.78 is 40.1. The fraction of sp³-hybridized carbons (Fsp3) is 0.381. The number of benzene rings is 2. The molecule has 0 bridgehead atoms. The molecule has 1 N–H and O–H groups in total. The van der Waals surface area contributed by atoms with Gasteiger partial charge in [-0.2, -0.15) is 0 Å². The van der Waals surface area contributed by atoms with E-state index in [2.05, 4.69) is 10.2 Å². The van der Waals surface area contributed by atoms with E-state index in [0.29, 0.717) is 43.9 Å². The van der Waals surface area contributed by atoms with E-state index in [1.165, 1.54) is 12.1 Å². The molecule has 1 aliphatic heterocycles. The largest absolute Gasteiger partial charge is 0.339 e. The van der Waals surface area contributed by atoms with Crippen LogP contribution in [0.1, 0.15) is 24.1 Å². The molecule has 3 rings (SSSR count). The highest BCUT2D eigenvalue weighted by molar-refractivity contribution is 5.78. The molecule has 1 amide bonds. The third-order valence-corrected chi connectivity index (χ3v) is 5.08. The molecular weight excluding hydrogens is 367 g/mol. The van der Waals surface area contributed by atoms with Crippen molar-refractivity contribution in [3.05, 3.63) is 71.0 Å². The van der Waals surface area contributed by atoms with Crippen LogP contribution in [0.5, 0.6) is 0 Å². The number of hydrogen-bond donors (Lipinski definition) is 1. The quantitative estimate of drug-likeness (QED) is 0.822. The van der Waals surface area contributed by atoms with E-state index >= 15 is 0 Å². The van der Waals surface area contributed by atoms with E-state index in [1.54, 1.807) is 24.0 Å². The fourth-order valence-electron chi connectivity index (χ4n) is 3.27. The molecule has 0 saturated carbocycles. The lowest BCUT2D eigenvalue weighted by Crippen LogP contribution is -2.50. The van der Waals surface area contributed by atoms with Crippen molar-refractivity contribution in [2.24, 2.45) is 0 Å². The Bertz CT molecular complexity index is 822. The lowest BCUT2D eigenvalue weighted by molar-refractivity contribution is -0.132. The molecule has 1 fully saturated rings. The molecule has 1 heterocycles. The number of halogens is 3. The van der Waals surface area contributed by atoms with Gasteiger partial charge >= 0.3 is 0 Å². The topological polar surface area (TPSA) is 35.6 Å². The number of piperazine rings is 1. The van der Waals surface area contributed by atoms with E-state index in [1.807, 2.05) is 6.07 Å². The van der Waals surface area contributed by atoms with Gasteiger partial charge in [0.05, 0.1) is 6.54 Å². The summed E-state index contributed by atoms with van der Waals surface area (Å²) in [5.74, 6) is -2.04. The van der Waals surface area contributed by atoms with Gasteiger partial charge in [0.15, 0.2) is 11.6 Å². The summed E-state index contributed by atoms with van der Waals surface area (Å²) in [4.78, 5) is 16.3. The van der Waals surface area contributed by atoms with E-state index in [0.717, 1.165) is 12.1 Å². The maximum absolute atomic E-state index is 13.8. The van der Waals surface area contributed by atoms with Crippen molar-refractivity contribution in [2.75, 3.05) is 32.7 Å². The van der Waals surface area contributed by atoms with Crippen molar-refractivity contribution < 1.29 is 18.0 Å². The summed E-state index contributed by atoms with van der Waals surface area (Å²) in [6.07, 6.45) is 0. The second-order valence-electron chi connectivity index (χ2n) is 7.02. The summed E-state index contributed by atoms with van der Waals surface area (Å²) >= 11 is 0. The second-order valence-corrected chi connectivity index (χ2v) is 7.02. The zero-order chi connectivity index (χ0) is 20.1. The van der Waals surface area contributed by atoms with Gasteiger partial charge in [0.25, 0.3) is 0 Å². The molecule has 2 aromatic rings. The van der Waals surface area contributed by atoms with E-state index in [9.17, 15) is 18.0 Å². The van der Waals surface area contributed by atoms with E-state index in [4.69, 9.17) is 0 Å². The number of amides is 1. The molecule has 0 unspecified atom stereocenters. The number of carbonyl (C=O) groups excluding carboxylic acids is 1. The average molecular weight is 391 g/mol. The van der Waals surface area contributed by atoms with Gasteiger partial charge < -0.3 is 10.2 Å². The Labute approximate surface area is 162 Å². The van der Waals surface area contributed by atoms with Gasteiger partial charge in [-0.15, -0.1) is 0 Å². The van der Waals surface area contributed by atoms with Crippen molar-refractivity contribution in [1.29, 1.82) is 0 Å². The maximum Gasteiger partial charge on any atom is 0.236 e. The summed E-state index contributed by atoms with van der Waals surface area (Å²) in [5, 5.41) is 3.06. The molecule has 4 nitrogen and oxygen atoms in total. The molecule has 1 atom stereocenters. The molecule has 28 heavy (non-hydrogen) atoms. The van der Waals surface area contributed by atoms with E-state index in [-0.39, 0.29) is 24.3 Å². The smallest absolute Gasteiger partial charge is 0.236 e. The van der Waals surface area contributed by atoms with Crippen molar-refractivity contribution >= 4 is 5.91 Å². The standard InChI is InChI=1S/C21H24F3N3O/c1-15(16-6-7-19(23)20(24)12-16)25-13-21(28)27-10-8-26(9-11-27)14-17-4-2-3-5-18(17)22/h2-7,12,15,25H,8-11,13-14H2,1H3/t15-/m1/s1. The third-order valence-electron chi connectivity index (χ3n) is 5.08. The lowest BCUT2D eigenvalue weighted by Gasteiger charge is -2.35. The molecule has 7 heteroatoms. The lowest BCUT2D eigenvalue weighted by atomic mass is 10.1. The fourth-order valence-corrected chi connectivity index (χ4v) is 3.27. The molecule has 150 valence electrons. The Morgan fingerprint density at radius 3 is 2.39 bits per heavy atom. The van der Waals surface area contributed by atoms with Crippen LogP contribution < -0.4 is 5.32 Å². The van der Waals surface area contributed by atoms with Crippen LogP contribution in [0.15, 0.2) is 42.5 Å². The molecule has 0 radical (unpaired) electrons. The molecule has 1 aliphatic rings. The van der Waals surface area contributed by atoms with E-state index < -0.39 is 11.6 Å². The van der Waals surface area contributed by atoms with Crippen molar-refractivity contribution in [1.82, 2.24) is 15.1 Å². The monoisotopic (exact) mass is 391 g/mol. The van der Waals surface area contributed by atoms with Crippen LogP contribution >= 0.6 is 0 Å². The maximum atomic E-state index is 13.8. The zero-order valence-corrected chi connectivity index (χ0v) is 15.8. The van der Waals surface area contributed by atoms with Gasteiger partial charge in [0.2, 0.25) is 5.91 Å². The van der Waals surface area contributed by atoms with Gasteiger partial charge in [-0.05, 0) is 30.7 Å². The van der Waals surface area contributed by atoms with Gasteiger partial charge in [-0.25, -0.2) is 13.2 Å². The van der Waals surface area contributed by atoms with Gasteiger partial charge in [0, 0.05) is 44.3 Å². The minimum atomic E-state index is -0.900.